The molecule has 0 radical (unpaired) electrons. The zero-order valence-corrected chi connectivity index (χ0v) is 15.2. The Bertz CT molecular complexity index is 1070. The lowest BCUT2D eigenvalue weighted by atomic mass is 10.1. The Morgan fingerprint density at radius 1 is 1.24 bits per heavy atom. The molecule has 0 atom stereocenters. The maximum absolute atomic E-state index is 11.7. The Hall–Kier alpha value is -2.71. The highest BCUT2D eigenvalue weighted by molar-refractivity contribution is 9.10. The molecule has 6 nitrogen and oxygen atoms in total. The lowest BCUT2D eigenvalue weighted by Gasteiger charge is -2.04. The van der Waals surface area contributed by atoms with E-state index >= 15 is 0 Å². The molecule has 0 bridgehead atoms. The average molecular weight is 414 g/mol. The number of carbonyl (C=O) groups is 1. The van der Waals surface area contributed by atoms with Crippen molar-refractivity contribution in [3.8, 4) is 10.4 Å². The molecule has 0 saturated heterocycles. The summed E-state index contributed by atoms with van der Waals surface area (Å²) in [5.41, 5.74) is 7.55. The number of nitrogens with two attached hydrogens (primary N) is 1. The smallest absolute Gasteiger partial charge is 0.270 e. The number of aromatic nitrogens is 3. The summed E-state index contributed by atoms with van der Waals surface area (Å²) in [7, 11) is 0. The Balaban J connectivity index is 1.90. The van der Waals surface area contributed by atoms with Gasteiger partial charge in [0.15, 0.2) is 11.5 Å². The van der Waals surface area contributed by atoms with Crippen LogP contribution in [-0.4, -0.2) is 21.1 Å². The second-order valence-electron chi connectivity index (χ2n) is 5.35. The number of amides is 1. The van der Waals surface area contributed by atoms with E-state index in [1.165, 1.54) is 11.3 Å². The van der Waals surface area contributed by atoms with Crippen molar-refractivity contribution in [1.82, 2.24) is 15.2 Å². The highest BCUT2D eigenvalue weighted by Crippen LogP contribution is 2.38. The highest BCUT2D eigenvalue weighted by Gasteiger charge is 2.18. The van der Waals surface area contributed by atoms with E-state index < -0.39 is 5.91 Å². The summed E-state index contributed by atoms with van der Waals surface area (Å²) < 4.78 is 1.70. The van der Waals surface area contributed by atoms with Crippen LogP contribution in [0.1, 0.15) is 10.5 Å². The topological polar surface area (TPSA) is 96.7 Å². The van der Waals surface area contributed by atoms with Gasteiger partial charge < -0.3 is 16.0 Å². The Morgan fingerprint density at radius 3 is 2.84 bits per heavy atom. The number of halogens is 1. The van der Waals surface area contributed by atoms with Crippen LogP contribution in [0.5, 0.6) is 0 Å². The fraction of sp³-hybridized carbons (Fsp3) is 0. The quantitative estimate of drug-likeness (QED) is 0.464. The van der Waals surface area contributed by atoms with Gasteiger partial charge in [-0.2, -0.15) is 0 Å². The number of aromatic amines is 1. The number of primary amides is 1. The van der Waals surface area contributed by atoms with E-state index in [2.05, 4.69) is 36.4 Å². The molecule has 0 unspecified atom stereocenters. The molecule has 4 N–H and O–H groups in total. The number of H-pyrrole nitrogens is 1. The summed E-state index contributed by atoms with van der Waals surface area (Å²) in [6, 6.07) is 11.9. The molecule has 3 heterocycles. The fourth-order valence-electron chi connectivity index (χ4n) is 2.52. The van der Waals surface area contributed by atoms with E-state index in [4.69, 9.17) is 5.73 Å². The highest BCUT2D eigenvalue weighted by atomic mass is 79.9. The van der Waals surface area contributed by atoms with E-state index in [-0.39, 0.29) is 5.69 Å². The number of nitrogens with one attached hydrogen (secondary N) is 2. The van der Waals surface area contributed by atoms with Crippen LogP contribution in [0.15, 0.2) is 53.3 Å². The number of carbonyl (C=O) groups excluding carboxylic acids is 1. The SMILES string of the molecule is NC(=O)c1nnc(Nc2cc[nH]c2)c2cc(-c3cccc(Br)c3)sc12. The van der Waals surface area contributed by atoms with Crippen molar-refractivity contribution in [1.29, 1.82) is 0 Å². The number of fused-ring (bicyclic) bond motifs is 1. The number of rotatable bonds is 4. The third-order valence-electron chi connectivity index (χ3n) is 3.66. The molecule has 0 aliphatic carbocycles. The number of anilines is 2. The summed E-state index contributed by atoms with van der Waals surface area (Å²) in [5.74, 6) is -0.00886. The van der Waals surface area contributed by atoms with Gasteiger partial charge in [0.1, 0.15) is 0 Å². The molecule has 124 valence electrons. The summed E-state index contributed by atoms with van der Waals surface area (Å²) in [6.07, 6.45) is 3.63. The van der Waals surface area contributed by atoms with Crippen molar-refractivity contribution in [2.45, 2.75) is 0 Å². The van der Waals surface area contributed by atoms with E-state index in [0.717, 1.165) is 30.7 Å². The molecule has 0 spiro atoms. The fourth-order valence-corrected chi connectivity index (χ4v) is 4.06. The molecule has 4 rings (SSSR count). The predicted octanol–water partition coefficient (Wildman–Crippen LogP) is 4.29. The van der Waals surface area contributed by atoms with Crippen molar-refractivity contribution in [2.75, 3.05) is 5.32 Å². The summed E-state index contributed by atoms with van der Waals surface area (Å²) in [4.78, 5) is 15.7. The Labute approximate surface area is 155 Å². The number of hydrogen-bond acceptors (Lipinski definition) is 5. The molecule has 25 heavy (non-hydrogen) atoms. The maximum Gasteiger partial charge on any atom is 0.270 e. The third-order valence-corrected chi connectivity index (χ3v) is 5.34. The van der Waals surface area contributed by atoms with Gasteiger partial charge in [-0.25, -0.2) is 0 Å². The van der Waals surface area contributed by atoms with Crippen LogP contribution in [0.4, 0.5) is 11.5 Å². The monoisotopic (exact) mass is 413 g/mol. The number of hydrogen-bond donors (Lipinski definition) is 3. The first kappa shape index (κ1) is 15.8. The molecular formula is C17H12BrN5OS. The lowest BCUT2D eigenvalue weighted by molar-refractivity contribution is 0.0996. The zero-order chi connectivity index (χ0) is 17.4. The summed E-state index contributed by atoms with van der Waals surface area (Å²) in [6.45, 7) is 0. The van der Waals surface area contributed by atoms with Gasteiger partial charge in [-0.1, -0.05) is 28.1 Å². The van der Waals surface area contributed by atoms with Gasteiger partial charge in [0.05, 0.1) is 10.4 Å². The normalized spacial score (nSPS) is 10.9. The minimum absolute atomic E-state index is 0.181. The van der Waals surface area contributed by atoms with Gasteiger partial charge in [-0.15, -0.1) is 21.5 Å². The molecule has 3 aromatic heterocycles. The molecule has 1 amide bonds. The number of benzene rings is 1. The first-order chi connectivity index (χ1) is 12.1. The maximum atomic E-state index is 11.7. The standard InChI is InChI=1S/C17H12BrN5OS/c18-10-3-1-2-9(6-10)13-7-12-15(25-13)14(16(19)24)22-23-17(12)21-11-4-5-20-8-11/h1-8,20H,(H2,19,24)(H,21,23). The van der Waals surface area contributed by atoms with E-state index in [0.29, 0.717) is 5.82 Å². The minimum atomic E-state index is -0.590. The molecular weight excluding hydrogens is 402 g/mol. The van der Waals surface area contributed by atoms with Gasteiger partial charge in [-0.05, 0) is 29.8 Å². The Morgan fingerprint density at radius 2 is 2.12 bits per heavy atom. The summed E-state index contributed by atoms with van der Waals surface area (Å²) >= 11 is 4.95. The lowest BCUT2D eigenvalue weighted by Crippen LogP contribution is -2.14. The third kappa shape index (κ3) is 3.01. The predicted molar refractivity (Wildman–Crippen MR) is 103 cm³/mol. The number of nitrogens with zero attached hydrogens (tertiary/aromatic N) is 2. The molecule has 1 aromatic carbocycles. The van der Waals surface area contributed by atoms with Crippen LogP contribution in [0, 0.1) is 0 Å². The first-order valence-corrected chi connectivity index (χ1v) is 8.98. The van der Waals surface area contributed by atoms with Gasteiger partial charge in [0.2, 0.25) is 0 Å². The van der Waals surface area contributed by atoms with Gasteiger partial charge >= 0.3 is 0 Å². The van der Waals surface area contributed by atoms with Crippen LogP contribution >= 0.6 is 27.3 Å². The van der Waals surface area contributed by atoms with Crippen molar-refractivity contribution >= 4 is 54.8 Å². The molecule has 8 heteroatoms. The van der Waals surface area contributed by atoms with Gasteiger partial charge in [0.25, 0.3) is 5.91 Å². The second kappa shape index (κ2) is 6.30. The van der Waals surface area contributed by atoms with E-state index in [1.54, 1.807) is 0 Å². The van der Waals surface area contributed by atoms with E-state index in [1.807, 2.05) is 48.8 Å². The second-order valence-corrected chi connectivity index (χ2v) is 7.32. The van der Waals surface area contributed by atoms with Crippen molar-refractivity contribution in [2.24, 2.45) is 5.73 Å². The van der Waals surface area contributed by atoms with Gasteiger partial charge in [-0.3, -0.25) is 4.79 Å². The van der Waals surface area contributed by atoms with E-state index in [9.17, 15) is 4.79 Å². The Kier molecular flexibility index (Phi) is 3.98. The average Bonchev–Trinajstić information content (AvgIpc) is 3.24. The molecule has 4 aromatic rings. The van der Waals surface area contributed by atoms with Crippen LogP contribution in [0.2, 0.25) is 0 Å². The molecule has 0 fully saturated rings. The van der Waals surface area contributed by atoms with Crippen LogP contribution in [0.3, 0.4) is 0 Å². The summed E-state index contributed by atoms with van der Waals surface area (Å²) in [5, 5.41) is 12.2. The van der Waals surface area contributed by atoms with Gasteiger partial charge in [0, 0.05) is 27.1 Å². The molecule has 0 aliphatic heterocycles. The first-order valence-electron chi connectivity index (χ1n) is 7.37. The minimum Gasteiger partial charge on any atom is -0.366 e. The van der Waals surface area contributed by atoms with Crippen molar-refractivity contribution < 1.29 is 4.79 Å². The van der Waals surface area contributed by atoms with Crippen molar-refractivity contribution in [3.05, 3.63) is 59.0 Å². The van der Waals surface area contributed by atoms with Crippen LogP contribution in [0.25, 0.3) is 20.5 Å². The number of thiophene rings is 1. The van der Waals surface area contributed by atoms with Crippen LogP contribution in [-0.2, 0) is 0 Å². The zero-order valence-electron chi connectivity index (χ0n) is 12.8. The van der Waals surface area contributed by atoms with Crippen LogP contribution < -0.4 is 11.1 Å². The molecule has 0 aliphatic rings. The molecule has 0 saturated carbocycles. The van der Waals surface area contributed by atoms with Crippen molar-refractivity contribution in [3.63, 3.8) is 0 Å². The largest absolute Gasteiger partial charge is 0.366 e.